The minimum atomic E-state index is 0.409. The molecule has 2 heterocycles. The van der Waals surface area contributed by atoms with Crippen molar-refractivity contribution >= 4 is 17.4 Å². The molecule has 0 aromatic carbocycles. The van der Waals surface area contributed by atoms with E-state index in [-0.39, 0.29) is 0 Å². The van der Waals surface area contributed by atoms with Gasteiger partial charge in [0.2, 0.25) is 5.88 Å². The van der Waals surface area contributed by atoms with E-state index in [9.17, 15) is 0 Å². The second kappa shape index (κ2) is 3.62. The first kappa shape index (κ1) is 8.95. The third-order valence-electron chi connectivity index (χ3n) is 1.66. The smallest absolute Gasteiger partial charge is 0.230 e. The number of hydrogen-bond donors (Lipinski definition) is 1. The fourth-order valence-corrected chi connectivity index (χ4v) is 1.70. The molecule has 0 fully saturated rings. The van der Waals surface area contributed by atoms with Gasteiger partial charge in [0.15, 0.2) is 5.82 Å². The predicted molar refractivity (Wildman–Crippen MR) is 52.2 cm³/mol. The lowest BCUT2D eigenvalue weighted by Gasteiger charge is -1.99. The highest BCUT2D eigenvalue weighted by Gasteiger charge is 2.07. The van der Waals surface area contributed by atoms with Gasteiger partial charge in [-0.3, -0.25) is 0 Å². The molecule has 0 atom stereocenters. The maximum Gasteiger partial charge on any atom is 0.230 e. The van der Waals surface area contributed by atoms with Crippen molar-refractivity contribution in [3.05, 3.63) is 17.1 Å². The van der Waals surface area contributed by atoms with Crippen LogP contribution in [-0.4, -0.2) is 26.5 Å². The van der Waals surface area contributed by atoms with E-state index in [0.717, 1.165) is 5.56 Å². The van der Waals surface area contributed by atoms with Crippen LogP contribution in [0.15, 0.2) is 11.6 Å². The zero-order valence-electron chi connectivity index (χ0n) is 7.54. The van der Waals surface area contributed by atoms with E-state index in [2.05, 4.69) is 14.6 Å². The number of aromatic nitrogens is 4. The number of ether oxygens (including phenoxy) is 1. The lowest BCUT2D eigenvalue weighted by atomic mass is 10.3. The normalized spacial score (nSPS) is 10.4. The highest BCUT2D eigenvalue weighted by atomic mass is 32.1. The molecule has 0 bridgehead atoms. The van der Waals surface area contributed by atoms with Crippen LogP contribution in [0.5, 0.6) is 5.88 Å². The van der Waals surface area contributed by atoms with Crippen LogP contribution in [0.4, 0.5) is 5.82 Å². The van der Waals surface area contributed by atoms with Crippen LogP contribution in [0.2, 0.25) is 0 Å². The summed E-state index contributed by atoms with van der Waals surface area (Å²) in [6.07, 6.45) is 1.51. The molecule has 0 aliphatic rings. The largest absolute Gasteiger partial charge is 0.480 e. The summed E-state index contributed by atoms with van der Waals surface area (Å²) in [5.41, 5.74) is 6.39. The molecular formula is C7H9N5OS. The second-order valence-corrected chi connectivity index (χ2v) is 3.28. The summed E-state index contributed by atoms with van der Waals surface area (Å²) in [6, 6.07) is 0. The van der Waals surface area contributed by atoms with Gasteiger partial charge in [0.05, 0.1) is 19.9 Å². The van der Waals surface area contributed by atoms with Gasteiger partial charge >= 0.3 is 0 Å². The van der Waals surface area contributed by atoms with Gasteiger partial charge in [-0.15, -0.1) is 5.10 Å². The van der Waals surface area contributed by atoms with Gasteiger partial charge in [-0.2, -0.15) is 14.3 Å². The zero-order chi connectivity index (χ0) is 9.97. The first-order valence-corrected chi connectivity index (χ1v) is 4.76. The molecule has 0 radical (unpaired) electrons. The molecule has 0 saturated heterocycles. The summed E-state index contributed by atoms with van der Waals surface area (Å²) in [4.78, 5) is 1.50. The lowest BCUT2D eigenvalue weighted by molar-refractivity contribution is 0.394. The molecule has 0 spiro atoms. The molecule has 0 saturated carbocycles. The molecule has 2 rings (SSSR count). The topological polar surface area (TPSA) is 78.8 Å². The summed E-state index contributed by atoms with van der Waals surface area (Å²) in [7, 11) is 1.59. The molecule has 0 aliphatic heterocycles. The first-order chi connectivity index (χ1) is 6.79. The maximum absolute atomic E-state index is 5.44. The fourth-order valence-electron chi connectivity index (χ4n) is 1.06. The molecule has 0 aliphatic carbocycles. The Hall–Kier alpha value is -1.63. The Morgan fingerprint density at radius 2 is 2.50 bits per heavy atom. The van der Waals surface area contributed by atoms with Crippen LogP contribution < -0.4 is 10.5 Å². The number of nitrogen functional groups attached to an aromatic ring is 1. The van der Waals surface area contributed by atoms with Crippen molar-refractivity contribution < 1.29 is 4.74 Å². The Morgan fingerprint density at radius 1 is 1.64 bits per heavy atom. The van der Waals surface area contributed by atoms with E-state index in [0.29, 0.717) is 18.2 Å². The predicted octanol–water partition coefficient (Wildman–Crippen LogP) is 0.374. The van der Waals surface area contributed by atoms with Crippen molar-refractivity contribution in [1.82, 2.24) is 19.4 Å². The second-order valence-electron chi connectivity index (χ2n) is 2.65. The number of rotatable bonds is 3. The van der Waals surface area contributed by atoms with Gasteiger partial charge in [-0.1, -0.05) is 0 Å². The van der Waals surface area contributed by atoms with Crippen LogP contribution in [-0.2, 0) is 6.54 Å². The van der Waals surface area contributed by atoms with Crippen LogP contribution in [0.25, 0.3) is 0 Å². The Kier molecular flexibility index (Phi) is 2.32. The Balaban J connectivity index is 2.18. The number of anilines is 1. The molecule has 6 nitrogen and oxygen atoms in total. The molecule has 0 unspecified atom stereocenters. The van der Waals surface area contributed by atoms with Gasteiger partial charge in [-0.05, 0) is 11.5 Å². The molecule has 2 aromatic rings. The van der Waals surface area contributed by atoms with Crippen LogP contribution >= 0.6 is 11.5 Å². The fraction of sp³-hybridized carbons (Fsp3) is 0.286. The van der Waals surface area contributed by atoms with E-state index < -0.39 is 0 Å². The zero-order valence-corrected chi connectivity index (χ0v) is 8.36. The van der Waals surface area contributed by atoms with E-state index in [4.69, 9.17) is 10.5 Å². The molecule has 14 heavy (non-hydrogen) atoms. The number of methoxy groups -OCH3 is 1. The summed E-state index contributed by atoms with van der Waals surface area (Å²) in [6.45, 7) is 0.525. The van der Waals surface area contributed by atoms with E-state index in [1.54, 1.807) is 7.11 Å². The van der Waals surface area contributed by atoms with Gasteiger partial charge in [0.25, 0.3) is 0 Å². The Labute approximate surface area is 84.5 Å². The number of nitrogens with zero attached hydrogens (tertiary/aromatic N) is 4. The molecular weight excluding hydrogens is 202 g/mol. The van der Waals surface area contributed by atoms with Crippen LogP contribution in [0.1, 0.15) is 5.56 Å². The molecule has 2 N–H and O–H groups in total. The molecule has 0 amide bonds. The van der Waals surface area contributed by atoms with Crippen molar-refractivity contribution in [3.63, 3.8) is 0 Å². The van der Waals surface area contributed by atoms with Gasteiger partial charge in [-0.25, -0.2) is 0 Å². The van der Waals surface area contributed by atoms with Crippen LogP contribution in [0, 0.1) is 0 Å². The lowest BCUT2D eigenvalue weighted by Crippen LogP contribution is -2.04. The SMILES string of the molecule is COc1nscc1Cn1ncc(N)n1. The van der Waals surface area contributed by atoms with E-state index in [1.165, 1.54) is 22.5 Å². The first-order valence-electron chi connectivity index (χ1n) is 3.92. The highest BCUT2D eigenvalue weighted by molar-refractivity contribution is 7.03. The van der Waals surface area contributed by atoms with Crippen molar-refractivity contribution in [2.45, 2.75) is 6.54 Å². The Bertz CT molecular complexity index is 423. The number of hydrogen-bond acceptors (Lipinski definition) is 6. The minimum absolute atomic E-state index is 0.409. The van der Waals surface area contributed by atoms with E-state index in [1.807, 2.05) is 5.38 Å². The number of nitrogens with two attached hydrogens (primary N) is 1. The molecule has 7 heteroatoms. The van der Waals surface area contributed by atoms with Gasteiger partial charge in [0, 0.05) is 10.9 Å². The van der Waals surface area contributed by atoms with Gasteiger partial charge in [0.1, 0.15) is 0 Å². The van der Waals surface area contributed by atoms with Crippen molar-refractivity contribution in [2.75, 3.05) is 12.8 Å². The molecule has 2 aromatic heterocycles. The van der Waals surface area contributed by atoms with E-state index >= 15 is 0 Å². The monoisotopic (exact) mass is 211 g/mol. The van der Waals surface area contributed by atoms with Crippen molar-refractivity contribution in [2.24, 2.45) is 0 Å². The third kappa shape index (κ3) is 1.67. The maximum atomic E-state index is 5.44. The third-order valence-corrected chi connectivity index (χ3v) is 2.33. The average molecular weight is 211 g/mol. The summed E-state index contributed by atoms with van der Waals surface area (Å²) in [5.74, 6) is 1.03. The van der Waals surface area contributed by atoms with Crippen molar-refractivity contribution in [1.29, 1.82) is 0 Å². The van der Waals surface area contributed by atoms with Crippen molar-refractivity contribution in [3.8, 4) is 5.88 Å². The average Bonchev–Trinajstić information content (AvgIpc) is 2.76. The summed E-state index contributed by atoms with van der Waals surface area (Å²) >= 11 is 1.34. The standard InChI is InChI=1S/C7H9N5OS/c1-13-7-5(4-14-11-7)3-12-9-2-6(8)10-12/h2,4H,3H2,1H3,(H2,8,10). The summed E-state index contributed by atoms with van der Waals surface area (Å²) < 4.78 is 9.12. The van der Waals surface area contributed by atoms with Gasteiger partial charge < -0.3 is 10.5 Å². The molecule has 74 valence electrons. The highest BCUT2D eigenvalue weighted by Crippen LogP contribution is 2.18. The quantitative estimate of drug-likeness (QED) is 0.793. The summed E-state index contributed by atoms with van der Waals surface area (Å²) in [5, 5.41) is 9.83. The minimum Gasteiger partial charge on any atom is -0.480 e. The Morgan fingerprint density at radius 3 is 3.14 bits per heavy atom. The van der Waals surface area contributed by atoms with Crippen LogP contribution in [0.3, 0.4) is 0 Å².